The van der Waals surface area contributed by atoms with Crippen LogP contribution in [-0.2, 0) is 24.3 Å². The average molecular weight is 414 g/mol. The SMILES string of the molecule is C[C@H](NC(=O)COC(=O)c1ccc(F)c(S(=O)(=O)N2CCOCC2)c1)C1CC1. The van der Waals surface area contributed by atoms with Gasteiger partial charge in [0.15, 0.2) is 6.61 Å². The van der Waals surface area contributed by atoms with Crippen molar-refractivity contribution < 1.29 is 31.9 Å². The van der Waals surface area contributed by atoms with Gasteiger partial charge in [-0.25, -0.2) is 17.6 Å². The molecule has 3 rings (SSSR count). The van der Waals surface area contributed by atoms with Gasteiger partial charge in [0, 0.05) is 19.1 Å². The van der Waals surface area contributed by atoms with Gasteiger partial charge in [-0.2, -0.15) is 4.31 Å². The molecule has 1 saturated carbocycles. The molecule has 1 N–H and O–H groups in total. The molecule has 2 fully saturated rings. The lowest BCUT2D eigenvalue weighted by Crippen LogP contribution is -2.41. The van der Waals surface area contributed by atoms with Crippen molar-refractivity contribution in [1.82, 2.24) is 9.62 Å². The fraction of sp³-hybridized carbons (Fsp3) is 0.556. The Bertz CT molecular complexity index is 850. The molecule has 0 bridgehead atoms. The Labute approximate surface area is 163 Å². The zero-order chi connectivity index (χ0) is 20.3. The highest BCUT2D eigenvalue weighted by Gasteiger charge is 2.31. The number of amides is 1. The van der Waals surface area contributed by atoms with Crippen molar-refractivity contribution in [3.05, 3.63) is 29.6 Å². The summed E-state index contributed by atoms with van der Waals surface area (Å²) in [7, 11) is -4.11. The van der Waals surface area contributed by atoms with Crippen molar-refractivity contribution in [3.63, 3.8) is 0 Å². The molecule has 1 amide bonds. The highest BCUT2D eigenvalue weighted by atomic mass is 32.2. The third-order valence-corrected chi connectivity index (χ3v) is 6.72. The minimum absolute atomic E-state index is 0.0160. The van der Waals surface area contributed by atoms with Crippen LogP contribution in [0, 0.1) is 11.7 Å². The van der Waals surface area contributed by atoms with Gasteiger partial charge < -0.3 is 14.8 Å². The third kappa shape index (κ3) is 4.86. The molecule has 1 aliphatic carbocycles. The second kappa shape index (κ2) is 8.54. The van der Waals surface area contributed by atoms with Crippen LogP contribution in [0.15, 0.2) is 23.1 Å². The van der Waals surface area contributed by atoms with Crippen LogP contribution in [-0.4, -0.2) is 63.6 Å². The maximum absolute atomic E-state index is 14.2. The first-order valence-electron chi connectivity index (χ1n) is 9.13. The normalized spacial score (nSPS) is 19.1. The zero-order valence-corrected chi connectivity index (χ0v) is 16.3. The molecule has 0 aromatic heterocycles. The van der Waals surface area contributed by atoms with Crippen molar-refractivity contribution in [2.24, 2.45) is 5.92 Å². The number of carbonyl (C=O) groups is 2. The van der Waals surface area contributed by atoms with Gasteiger partial charge in [-0.15, -0.1) is 0 Å². The van der Waals surface area contributed by atoms with Crippen LogP contribution < -0.4 is 5.32 Å². The monoisotopic (exact) mass is 414 g/mol. The lowest BCUT2D eigenvalue weighted by molar-refractivity contribution is -0.124. The minimum atomic E-state index is -4.11. The molecule has 0 spiro atoms. The Morgan fingerprint density at radius 3 is 2.64 bits per heavy atom. The Morgan fingerprint density at radius 1 is 1.32 bits per heavy atom. The predicted molar refractivity (Wildman–Crippen MR) is 96.6 cm³/mol. The molecule has 1 atom stereocenters. The first-order chi connectivity index (χ1) is 13.3. The first kappa shape index (κ1) is 20.7. The van der Waals surface area contributed by atoms with E-state index in [0.717, 1.165) is 35.3 Å². The summed E-state index contributed by atoms with van der Waals surface area (Å²) in [5.41, 5.74) is -0.142. The number of hydrogen-bond donors (Lipinski definition) is 1. The van der Waals surface area contributed by atoms with Gasteiger partial charge in [0.1, 0.15) is 10.7 Å². The number of halogens is 1. The Morgan fingerprint density at radius 2 is 2.00 bits per heavy atom. The molecule has 1 saturated heterocycles. The number of esters is 1. The number of nitrogens with one attached hydrogen (secondary N) is 1. The number of sulfonamides is 1. The van der Waals surface area contributed by atoms with Crippen LogP contribution in [0.4, 0.5) is 4.39 Å². The molecule has 0 unspecified atom stereocenters. The van der Waals surface area contributed by atoms with E-state index in [9.17, 15) is 22.4 Å². The van der Waals surface area contributed by atoms with Gasteiger partial charge in [0.25, 0.3) is 5.91 Å². The number of hydrogen-bond acceptors (Lipinski definition) is 6. The van der Waals surface area contributed by atoms with E-state index >= 15 is 0 Å². The Hall–Kier alpha value is -2.04. The van der Waals surface area contributed by atoms with E-state index in [4.69, 9.17) is 9.47 Å². The molecule has 8 nitrogen and oxygen atoms in total. The van der Waals surface area contributed by atoms with Gasteiger partial charge in [0.2, 0.25) is 10.0 Å². The van der Waals surface area contributed by atoms with Gasteiger partial charge >= 0.3 is 5.97 Å². The lowest BCUT2D eigenvalue weighted by Gasteiger charge is -2.26. The van der Waals surface area contributed by atoms with Crippen molar-refractivity contribution >= 4 is 21.9 Å². The van der Waals surface area contributed by atoms with Crippen LogP contribution in [0.5, 0.6) is 0 Å². The molecule has 154 valence electrons. The van der Waals surface area contributed by atoms with Crippen molar-refractivity contribution in [2.75, 3.05) is 32.9 Å². The van der Waals surface area contributed by atoms with E-state index in [1.165, 1.54) is 0 Å². The lowest BCUT2D eigenvalue weighted by atomic mass is 10.2. The zero-order valence-electron chi connectivity index (χ0n) is 15.5. The van der Waals surface area contributed by atoms with Crippen molar-refractivity contribution in [3.8, 4) is 0 Å². The fourth-order valence-electron chi connectivity index (χ4n) is 2.98. The van der Waals surface area contributed by atoms with Crippen LogP contribution in [0.25, 0.3) is 0 Å². The van der Waals surface area contributed by atoms with Gasteiger partial charge in [0.05, 0.1) is 18.8 Å². The molecular formula is C18H23FN2O6S. The standard InChI is InChI=1S/C18H23FN2O6S/c1-12(13-2-3-13)20-17(22)11-27-18(23)14-4-5-15(19)16(10-14)28(24,25)21-6-8-26-9-7-21/h4-5,10,12-13H,2-3,6-9,11H2,1H3,(H,20,22)/t12-/m0/s1. The summed E-state index contributed by atoms with van der Waals surface area (Å²) >= 11 is 0. The molecule has 1 aliphatic heterocycles. The predicted octanol–water partition coefficient (Wildman–Crippen LogP) is 0.918. The molecule has 10 heteroatoms. The first-order valence-corrected chi connectivity index (χ1v) is 10.6. The molecule has 0 radical (unpaired) electrons. The van der Waals surface area contributed by atoms with Gasteiger partial charge in [-0.1, -0.05) is 0 Å². The average Bonchev–Trinajstić information content (AvgIpc) is 3.52. The van der Waals surface area contributed by atoms with Crippen LogP contribution in [0.2, 0.25) is 0 Å². The van der Waals surface area contributed by atoms with E-state index in [2.05, 4.69) is 5.32 Å². The number of benzene rings is 1. The molecule has 1 aromatic carbocycles. The number of carbonyl (C=O) groups excluding carboxylic acids is 2. The summed E-state index contributed by atoms with van der Waals surface area (Å²) < 4.78 is 50.6. The maximum Gasteiger partial charge on any atom is 0.338 e. The number of ether oxygens (including phenoxy) is 2. The van der Waals surface area contributed by atoms with E-state index in [1.54, 1.807) is 0 Å². The van der Waals surface area contributed by atoms with Crippen LogP contribution >= 0.6 is 0 Å². The summed E-state index contributed by atoms with van der Waals surface area (Å²) in [6.07, 6.45) is 2.13. The fourth-order valence-corrected chi connectivity index (χ4v) is 4.48. The molecule has 1 heterocycles. The van der Waals surface area contributed by atoms with E-state index in [0.29, 0.717) is 5.92 Å². The maximum atomic E-state index is 14.2. The molecule has 2 aliphatic rings. The van der Waals surface area contributed by atoms with Crippen molar-refractivity contribution in [2.45, 2.75) is 30.7 Å². The topological polar surface area (TPSA) is 102 Å². The smallest absolute Gasteiger partial charge is 0.338 e. The van der Waals surface area contributed by atoms with Crippen LogP contribution in [0.3, 0.4) is 0 Å². The highest BCUT2D eigenvalue weighted by Crippen LogP contribution is 2.32. The Balaban J connectivity index is 1.66. The highest BCUT2D eigenvalue weighted by molar-refractivity contribution is 7.89. The summed E-state index contributed by atoms with van der Waals surface area (Å²) in [6, 6.07) is 2.98. The van der Waals surface area contributed by atoms with E-state index < -0.39 is 39.2 Å². The summed E-state index contributed by atoms with van der Waals surface area (Å²) in [5.74, 6) is -1.83. The second-order valence-corrected chi connectivity index (χ2v) is 8.84. The quantitative estimate of drug-likeness (QED) is 0.666. The van der Waals surface area contributed by atoms with Crippen molar-refractivity contribution in [1.29, 1.82) is 0 Å². The summed E-state index contributed by atoms with van der Waals surface area (Å²) in [4.78, 5) is 23.4. The molecule has 28 heavy (non-hydrogen) atoms. The third-order valence-electron chi connectivity index (χ3n) is 4.81. The number of morpholine rings is 1. The van der Waals surface area contributed by atoms with Gasteiger partial charge in [-0.05, 0) is 43.9 Å². The Kier molecular flexibility index (Phi) is 6.31. The number of rotatable bonds is 7. The van der Waals surface area contributed by atoms with Crippen LogP contribution in [0.1, 0.15) is 30.1 Å². The van der Waals surface area contributed by atoms with E-state index in [1.807, 2.05) is 6.92 Å². The number of nitrogens with zero attached hydrogens (tertiary/aromatic N) is 1. The summed E-state index contributed by atoms with van der Waals surface area (Å²) in [5, 5.41) is 2.75. The largest absolute Gasteiger partial charge is 0.452 e. The van der Waals surface area contributed by atoms with E-state index in [-0.39, 0.29) is 37.9 Å². The minimum Gasteiger partial charge on any atom is -0.452 e. The molecular weight excluding hydrogens is 391 g/mol. The summed E-state index contributed by atoms with van der Waals surface area (Å²) in [6.45, 7) is 2.05. The van der Waals surface area contributed by atoms with Gasteiger partial charge in [-0.3, -0.25) is 4.79 Å². The molecule has 1 aromatic rings. The second-order valence-electron chi connectivity index (χ2n) is 6.93.